The Morgan fingerprint density at radius 1 is 1.00 bits per heavy atom. The van der Waals surface area contributed by atoms with Gasteiger partial charge in [0.1, 0.15) is 11.2 Å². The summed E-state index contributed by atoms with van der Waals surface area (Å²) in [7, 11) is -2.18. The van der Waals surface area contributed by atoms with Crippen molar-refractivity contribution in [2.45, 2.75) is 38.9 Å². The van der Waals surface area contributed by atoms with Gasteiger partial charge in [-0.15, -0.1) is 9.05 Å². The first-order chi connectivity index (χ1) is 6.22. The van der Waals surface area contributed by atoms with E-state index in [1.54, 1.807) is 27.7 Å². The van der Waals surface area contributed by atoms with Crippen molar-refractivity contribution in [3.63, 3.8) is 0 Å². The van der Waals surface area contributed by atoms with Gasteiger partial charge in [0.05, 0.1) is 0 Å². The molecule has 0 spiro atoms. The summed E-state index contributed by atoms with van der Waals surface area (Å²) < 4.78 is 21.6. The van der Waals surface area contributed by atoms with Gasteiger partial charge in [-0.1, -0.05) is 0 Å². The van der Waals surface area contributed by atoms with E-state index in [0.29, 0.717) is 0 Å². The largest absolute Gasteiger partial charge is 0.698 e. The van der Waals surface area contributed by atoms with Crippen molar-refractivity contribution in [3.05, 3.63) is 0 Å². The highest BCUT2D eigenvalue weighted by Crippen LogP contribution is 2.35. The zero-order valence-electron chi connectivity index (χ0n) is 9.24. The molecule has 0 aliphatic heterocycles. The maximum absolute atomic E-state index is 11.4. The Labute approximate surface area is 86.1 Å². The molecule has 6 heteroatoms. The van der Waals surface area contributed by atoms with Crippen molar-refractivity contribution in [2.24, 2.45) is 11.5 Å². The van der Waals surface area contributed by atoms with Crippen LogP contribution in [0.5, 0.6) is 0 Å². The van der Waals surface area contributed by atoms with Gasteiger partial charge < -0.3 is 11.5 Å². The summed E-state index contributed by atoms with van der Waals surface area (Å²) in [5.41, 5.74) is 9.55. The van der Waals surface area contributed by atoms with Crippen molar-refractivity contribution < 1.29 is 13.6 Å². The summed E-state index contributed by atoms with van der Waals surface area (Å²) >= 11 is 0. The smallest absolute Gasteiger partial charge is 0.328 e. The Morgan fingerprint density at radius 2 is 1.29 bits per heavy atom. The summed E-state index contributed by atoms with van der Waals surface area (Å²) in [5.74, 6) is 0. The molecule has 0 rings (SSSR count). The first kappa shape index (κ1) is 13.9. The molecule has 0 aromatic carbocycles. The molecule has 0 aliphatic rings. The minimum absolute atomic E-state index is 0.278. The van der Waals surface area contributed by atoms with Crippen LogP contribution in [0.25, 0.3) is 0 Å². The fourth-order valence-electron chi connectivity index (χ4n) is 0.497. The van der Waals surface area contributed by atoms with Crippen LogP contribution in [-0.4, -0.2) is 24.3 Å². The minimum Gasteiger partial charge on any atom is -0.328 e. The second-order valence-electron chi connectivity index (χ2n) is 4.33. The van der Waals surface area contributed by atoms with Gasteiger partial charge in [-0.05, 0) is 27.7 Å². The lowest BCUT2D eigenvalue weighted by Crippen LogP contribution is -2.35. The molecule has 0 radical (unpaired) electrons. The Kier molecular flexibility index (Phi) is 5.12. The minimum atomic E-state index is -2.18. The summed E-state index contributed by atoms with van der Waals surface area (Å²) in [5, 5.41) is 0. The van der Waals surface area contributed by atoms with Gasteiger partial charge in [-0.3, -0.25) is 0 Å². The maximum atomic E-state index is 11.4. The zero-order chi connectivity index (χ0) is 11.4. The molecular weight excluding hydrogens is 203 g/mol. The van der Waals surface area contributed by atoms with Gasteiger partial charge in [-0.2, -0.15) is 0 Å². The van der Waals surface area contributed by atoms with Gasteiger partial charge in [0.25, 0.3) is 0 Å². The van der Waals surface area contributed by atoms with E-state index >= 15 is 0 Å². The third kappa shape index (κ3) is 5.62. The first-order valence-corrected chi connectivity index (χ1v) is 5.58. The number of rotatable bonds is 6. The van der Waals surface area contributed by atoms with E-state index in [9.17, 15) is 4.57 Å². The zero-order valence-corrected chi connectivity index (χ0v) is 10.1. The topological polar surface area (TPSA) is 87.6 Å². The number of hydrogen-bond acceptors (Lipinski definition) is 5. The summed E-state index contributed by atoms with van der Waals surface area (Å²) in [6.07, 6.45) is 0. The van der Waals surface area contributed by atoms with Crippen molar-refractivity contribution in [1.82, 2.24) is 0 Å². The Balaban J connectivity index is 4.12. The third-order valence-electron chi connectivity index (χ3n) is 1.63. The molecule has 0 aliphatic carbocycles. The molecule has 0 atom stereocenters. The van der Waals surface area contributed by atoms with Crippen molar-refractivity contribution in [3.8, 4) is 0 Å². The molecule has 0 heterocycles. The van der Waals surface area contributed by atoms with E-state index < -0.39 is 19.5 Å². The number of nitrogens with two attached hydrogens (primary N) is 2. The highest BCUT2D eigenvalue weighted by Gasteiger charge is 2.38. The molecule has 5 nitrogen and oxygen atoms in total. The van der Waals surface area contributed by atoms with Crippen LogP contribution in [-0.2, 0) is 13.6 Å². The van der Waals surface area contributed by atoms with Crippen molar-refractivity contribution >= 4 is 8.25 Å². The van der Waals surface area contributed by atoms with Crippen LogP contribution in [0.1, 0.15) is 27.7 Å². The van der Waals surface area contributed by atoms with E-state index in [-0.39, 0.29) is 13.1 Å². The van der Waals surface area contributed by atoms with Gasteiger partial charge in [0, 0.05) is 17.7 Å². The van der Waals surface area contributed by atoms with Crippen LogP contribution < -0.4 is 11.5 Å². The molecule has 0 unspecified atom stereocenters. The van der Waals surface area contributed by atoms with Gasteiger partial charge in [0.15, 0.2) is 0 Å². The summed E-state index contributed by atoms with van der Waals surface area (Å²) in [6, 6.07) is 0. The number of hydrogen-bond donors (Lipinski definition) is 2. The fourth-order valence-corrected chi connectivity index (χ4v) is 1.49. The molecule has 14 heavy (non-hydrogen) atoms. The monoisotopic (exact) mass is 223 g/mol. The molecule has 0 bridgehead atoms. The molecule has 0 aromatic heterocycles. The Bertz CT molecular complexity index is 187. The maximum Gasteiger partial charge on any atom is 0.698 e. The van der Waals surface area contributed by atoms with Crippen LogP contribution in [0.15, 0.2) is 0 Å². The molecule has 4 N–H and O–H groups in total. The Morgan fingerprint density at radius 3 is 1.50 bits per heavy atom. The van der Waals surface area contributed by atoms with Gasteiger partial charge >= 0.3 is 8.25 Å². The van der Waals surface area contributed by atoms with E-state index in [1.165, 1.54) is 0 Å². The lowest BCUT2D eigenvalue weighted by Gasteiger charge is -2.17. The second kappa shape index (κ2) is 5.14. The van der Waals surface area contributed by atoms with Crippen LogP contribution in [0.2, 0.25) is 0 Å². The fraction of sp³-hybridized carbons (Fsp3) is 1.00. The van der Waals surface area contributed by atoms with E-state index in [0.717, 1.165) is 0 Å². The molecule has 0 amide bonds. The lowest BCUT2D eigenvalue weighted by atomic mass is 10.1. The highest BCUT2D eigenvalue weighted by molar-refractivity contribution is 7.33. The average Bonchev–Trinajstić information content (AvgIpc) is 2.02. The summed E-state index contributed by atoms with van der Waals surface area (Å²) in [6.45, 7) is 7.55. The molecule has 0 saturated carbocycles. The first-order valence-electron chi connectivity index (χ1n) is 4.48. The molecular formula is C8H20N2O3P+. The Hall–Kier alpha value is -0.0600. The predicted molar refractivity (Wildman–Crippen MR) is 56.0 cm³/mol. The standard InChI is InChI=1S/C8H20N2O3P/c1-7(2,5-9)12-14(11)13-8(3,4)6-10/h5-6,9-10H2,1-4H3/q+1. The third-order valence-corrected chi connectivity index (χ3v) is 2.91. The van der Waals surface area contributed by atoms with Crippen LogP contribution in [0.4, 0.5) is 0 Å². The summed E-state index contributed by atoms with van der Waals surface area (Å²) in [4.78, 5) is 0. The van der Waals surface area contributed by atoms with Gasteiger partial charge in [0.2, 0.25) is 0 Å². The highest BCUT2D eigenvalue weighted by atomic mass is 31.1. The average molecular weight is 223 g/mol. The van der Waals surface area contributed by atoms with E-state index in [2.05, 4.69) is 0 Å². The molecule has 0 fully saturated rings. The van der Waals surface area contributed by atoms with E-state index in [1.807, 2.05) is 0 Å². The lowest BCUT2D eigenvalue weighted by molar-refractivity contribution is 0.0535. The molecule has 0 aromatic rings. The van der Waals surface area contributed by atoms with Crippen LogP contribution in [0.3, 0.4) is 0 Å². The normalized spacial score (nSPS) is 13.0. The van der Waals surface area contributed by atoms with Crippen molar-refractivity contribution in [1.29, 1.82) is 0 Å². The SMILES string of the molecule is CC(C)(CN)O[P+](=O)OC(C)(C)CN. The molecule has 84 valence electrons. The predicted octanol–water partition coefficient (Wildman–Crippen LogP) is 1.15. The van der Waals surface area contributed by atoms with Crippen molar-refractivity contribution in [2.75, 3.05) is 13.1 Å². The second-order valence-corrected chi connectivity index (χ2v) is 5.15. The van der Waals surface area contributed by atoms with Crippen LogP contribution >= 0.6 is 8.25 Å². The van der Waals surface area contributed by atoms with Gasteiger partial charge in [-0.25, -0.2) is 0 Å². The van der Waals surface area contributed by atoms with Crippen LogP contribution in [0, 0.1) is 0 Å². The molecule has 0 saturated heterocycles. The van der Waals surface area contributed by atoms with E-state index in [4.69, 9.17) is 20.5 Å². The quantitative estimate of drug-likeness (QED) is 0.659.